The van der Waals surface area contributed by atoms with Gasteiger partial charge in [-0.15, -0.1) is 0 Å². The summed E-state index contributed by atoms with van der Waals surface area (Å²) in [7, 11) is 0. The van der Waals surface area contributed by atoms with Crippen molar-refractivity contribution in [2.75, 3.05) is 5.32 Å². The van der Waals surface area contributed by atoms with Crippen LogP contribution in [0.5, 0.6) is 5.88 Å². The lowest BCUT2D eigenvalue weighted by molar-refractivity contribution is -0.143. The van der Waals surface area contributed by atoms with Crippen LogP contribution in [-0.2, 0) is 12.4 Å². The molecule has 166 valence electrons. The highest BCUT2D eigenvalue weighted by molar-refractivity contribution is 5.74. The van der Waals surface area contributed by atoms with Crippen molar-refractivity contribution in [2.45, 2.75) is 12.4 Å². The van der Waals surface area contributed by atoms with E-state index < -0.39 is 46.7 Å². The predicted molar refractivity (Wildman–Crippen MR) is 96.4 cm³/mol. The molecule has 32 heavy (non-hydrogen) atoms. The average molecular weight is 458 g/mol. The first-order valence-electron chi connectivity index (χ1n) is 8.60. The molecule has 0 atom stereocenters. The van der Waals surface area contributed by atoms with E-state index in [0.29, 0.717) is 12.1 Å². The van der Waals surface area contributed by atoms with Crippen LogP contribution in [0.4, 0.5) is 42.2 Å². The Bertz CT molecular complexity index is 1280. The first-order valence-corrected chi connectivity index (χ1v) is 8.60. The Morgan fingerprint density at radius 2 is 1.50 bits per heavy atom. The van der Waals surface area contributed by atoms with Crippen LogP contribution in [0, 0.1) is 5.82 Å². The van der Waals surface area contributed by atoms with Crippen LogP contribution in [0.15, 0.2) is 46.9 Å². The van der Waals surface area contributed by atoms with Gasteiger partial charge in [0.15, 0.2) is 5.82 Å². The molecule has 4 aromatic rings. The molecule has 4 rings (SSSR count). The van der Waals surface area contributed by atoms with Crippen LogP contribution >= 0.6 is 0 Å². The summed E-state index contributed by atoms with van der Waals surface area (Å²) in [6, 6.07) is 5.93. The van der Waals surface area contributed by atoms with Crippen molar-refractivity contribution in [2.24, 2.45) is 0 Å². The minimum atomic E-state index is -5.06. The van der Waals surface area contributed by atoms with Crippen molar-refractivity contribution in [3.05, 3.63) is 59.4 Å². The fourth-order valence-corrected chi connectivity index (χ4v) is 2.75. The molecule has 0 amide bonds. The lowest BCUT2D eigenvalue weighted by Crippen LogP contribution is -2.11. The number of anilines is 2. The van der Waals surface area contributed by atoms with E-state index >= 15 is 0 Å². The molecular weight excluding hydrogens is 449 g/mol. The highest BCUT2D eigenvalue weighted by atomic mass is 19.4. The lowest BCUT2D eigenvalue weighted by Gasteiger charge is -2.15. The summed E-state index contributed by atoms with van der Waals surface area (Å²) in [5, 5.41) is 12.2. The molecule has 2 aromatic heterocycles. The van der Waals surface area contributed by atoms with E-state index in [0.717, 1.165) is 6.07 Å². The van der Waals surface area contributed by atoms with Gasteiger partial charge in [0, 0.05) is 11.3 Å². The van der Waals surface area contributed by atoms with Gasteiger partial charge in [0.2, 0.25) is 11.5 Å². The number of hydrogen-bond acceptors (Lipinski definition) is 6. The summed E-state index contributed by atoms with van der Waals surface area (Å²) in [4.78, 5) is 11.4. The van der Waals surface area contributed by atoms with Crippen molar-refractivity contribution in [3.63, 3.8) is 0 Å². The van der Waals surface area contributed by atoms with Gasteiger partial charge in [0.25, 0.3) is 11.6 Å². The van der Waals surface area contributed by atoms with Crippen molar-refractivity contribution >= 4 is 22.9 Å². The number of nitrogens with one attached hydrogen (secondary N) is 1. The molecule has 0 aliphatic heterocycles. The van der Waals surface area contributed by atoms with Gasteiger partial charge in [-0.1, -0.05) is 6.07 Å². The second kappa shape index (κ2) is 7.35. The zero-order chi connectivity index (χ0) is 23.3. The number of alkyl halides is 6. The Kier molecular flexibility index (Phi) is 4.90. The molecule has 0 bridgehead atoms. The molecule has 0 aliphatic carbocycles. The molecule has 0 saturated carbocycles. The van der Waals surface area contributed by atoms with E-state index in [1.165, 1.54) is 18.2 Å². The molecule has 0 aliphatic rings. The van der Waals surface area contributed by atoms with Crippen LogP contribution in [0.3, 0.4) is 0 Å². The van der Waals surface area contributed by atoms with Gasteiger partial charge in [-0.25, -0.2) is 4.39 Å². The summed E-state index contributed by atoms with van der Waals surface area (Å²) in [6.45, 7) is 0. The fourth-order valence-electron chi connectivity index (χ4n) is 2.75. The van der Waals surface area contributed by atoms with Crippen molar-refractivity contribution < 1.29 is 40.3 Å². The molecule has 2 N–H and O–H groups in total. The average Bonchev–Trinajstić information content (AvgIpc) is 3.09. The number of aromatic nitrogens is 3. The van der Waals surface area contributed by atoms with Gasteiger partial charge in [0.05, 0.1) is 11.1 Å². The van der Waals surface area contributed by atoms with Gasteiger partial charge in [-0.2, -0.15) is 41.3 Å². The topological polar surface area (TPSA) is 84.1 Å². The van der Waals surface area contributed by atoms with Gasteiger partial charge in [-0.05, 0) is 36.4 Å². The quantitative estimate of drug-likeness (QED) is 0.372. The number of benzene rings is 2. The standard InChI is InChI=1S/C19H9F7N4O2/c20-11-3-1-2-8(4-11)16-30-14-17(32-16)29-13(15(31)28-14)27-12-6-9(18(21,22)23)5-10(7-12)19(24,25)26/h1-7H,(H,27,29)(H,28,31). The van der Waals surface area contributed by atoms with E-state index in [1.807, 2.05) is 0 Å². The maximum absolute atomic E-state index is 13.4. The SMILES string of the molecule is Oc1nc2nc(-c3cccc(F)c3)oc2nc1Nc1cc(C(F)(F)F)cc(C(F)(F)F)c1. The summed E-state index contributed by atoms with van der Waals surface area (Å²) in [5.41, 5.74) is -4.07. The zero-order valence-corrected chi connectivity index (χ0v) is 15.4. The van der Waals surface area contributed by atoms with Gasteiger partial charge in [-0.3, -0.25) is 0 Å². The highest BCUT2D eigenvalue weighted by Gasteiger charge is 2.37. The number of rotatable bonds is 3. The molecule has 2 aromatic carbocycles. The van der Waals surface area contributed by atoms with Crippen molar-refractivity contribution in [3.8, 4) is 17.3 Å². The third kappa shape index (κ3) is 4.26. The molecule has 0 saturated heterocycles. The summed E-state index contributed by atoms with van der Waals surface area (Å²) in [5.74, 6) is -2.13. The third-order valence-corrected chi connectivity index (χ3v) is 4.15. The number of aromatic hydroxyl groups is 1. The van der Waals surface area contributed by atoms with Crippen LogP contribution in [0.25, 0.3) is 22.8 Å². The molecule has 13 heteroatoms. The van der Waals surface area contributed by atoms with Gasteiger partial charge in [0.1, 0.15) is 5.82 Å². The van der Waals surface area contributed by atoms with Crippen LogP contribution in [0.1, 0.15) is 11.1 Å². The van der Waals surface area contributed by atoms with Crippen LogP contribution in [-0.4, -0.2) is 20.1 Å². The first-order chi connectivity index (χ1) is 14.9. The number of fused-ring (bicyclic) bond motifs is 1. The van der Waals surface area contributed by atoms with E-state index in [-0.39, 0.29) is 28.9 Å². The largest absolute Gasteiger partial charge is 0.491 e. The normalized spacial score (nSPS) is 12.3. The molecule has 0 radical (unpaired) electrons. The fraction of sp³-hybridized carbons (Fsp3) is 0.105. The van der Waals surface area contributed by atoms with E-state index in [4.69, 9.17) is 4.42 Å². The maximum atomic E-state index is 13.4. The number of hydrogen-bond donors (Lipinski definition) is 2. The van der Waals surface area contributed by atoms with Gasteiger partial charge >= 0.3 is 12.4 Å². The zero-order valence-electron chi connectivity index (χ0n) is 15.4. The monoisotopic (exact) mass is 458 g/mol. The maximum Gasteiger partial charge on any atom is 0.416 e. The molecule has 2 heterocycles. The summed E-state index contributed by atoms with van der Waals surface area (Å²) < 4.78 is 96.9. The Morgan fingerprint density at radius 1 is 0.844 bits per heavy atom. The number of oxazole rings is 1. The molecular formula is C19H9F7N4O2. The van der Waals surface area contributed by atoms with E-state index in [2.05, 4.69) is 20.3 Å². The molecule has 6 nitrogen and oxygen atoms in total. The Morgan fingerprint density at radius 3 is 2.09 bits per heavy atom. The Labute approximate surface area is 173 Å². The van der Waals surface area contributed by atoms with E-state index in [1.54, 1.807) is 0 Å². The third-order valence-electron chi connectivity index (χ3n) is 4.15. The number of halogens is 7. The second-order valence-corrected chi connectivity index (χ2v) is 6.47. The molecule has 0 unspecified atom stereocenters. The summed E-state index contributed by atoms with van der Waals surface area (Å²) >= 11 is 0. The van der Waals surface area contributed by atoms with Crippen LogP contribution in [0.2, 0.25) is 0 Å². The van der Waals surface area contributed by atoms with Crippen molar-refractivity contribution in [1.29, 1.82) is 0 Å². The highest BCUT2D eigenvalue weighted by Crippen LogP contribution is 2.38. The minimum absolute atomic E-state index is 0.0401. The first kappa shape index (κ1) is 21.3. The molecule has 0 fully saturated rings. The molecule has 0 spiro atoms. The van der Waals surface area contributed by atoms with Crippen LogP contribution < -0.4 is 5.32 Å². The van der Waals surface area contributed by atoms with E-state index in [9.17, 15) is 35.8 Å². The predicted octanol–water partition coefficient (Wildman–Crippen LogP) is 5.91. The summed E-state index contributed by atoms with van der Waals surface area (Å²) in [6.07, 6.45) is -10.1. The smallest absolute Gasteiger partial charge is 0.416 e. The number of nitrogens with zero attached hydrogens (tertiary/aromatic N) is 3. The second-order valence-electron chi connectivity index (χ2n) is 6.47. The van der Waals surface area contributed by atoms with Crippen molar-refractivity contribution in [1.82, 2.24) is 15.0 Å². The Hall–Kier alpha value is -3.90. The Balaban J connectivity index is 1.75. The van der Waals surface area contributed by atoms with Gasteiger partial charge < -0.3 is 14.8 Å². The lowest BCUT2D eigenvalue weighted by atomic mass is 10.1. The minimum Gasteiger partial charge on any atom is -0.491 e.